The lowest BCUT2D eigenvalue weighted by Crippen LogP contribution is -1.82. The number of benzene rings is 1. The molecule has 3 heteroatoms. The smallest absolute Gasteiger partial charge is 0.104 e. The Bertz CT molecular complexity index is 540. The van der Waals surface area contributed by atoms with Gasteiger partial charge >= 0.3 is 0 Å². The van der Waals surface area contributed by atoms with Crippen molar-refractivity contribution in [3.8, 4) is 11.8 Å². The summed E-state index contributed by atoms with van der Waals surface area (Å²) in [5.41, 5.74) is 2.19. The van der Waals surface area contributed by atoms with Crippen LogP contribution in [0.2, 0.25) is 0 Å². The standard InChI is InChI=1S/C15H13NOS/c17-11-1-2-13-3-5-14(6-4-13)12-18-15-7-9-16-10-8-15/h3-10,17H,11-12H2. The molecule has 90 valence electrons. The Hall–Kier alpha value is -1.76. The molecule has 0 bridgehead atoms. The number of hydrogen-bond acceptors (Lipinski definition) is 3. The maximum atomic E-state index is 8.61. The SMILES string of the molecule is OCC#Cc1ccc(CSc2ccncc2)cc1. The molecule has 0 unspecified atom stereocenters. The Morgan fingerprint density at radius 3 is 2.44 bits per heavy atom. The molecule has 2 rings (SSSR count). The van der Waals surface area contributed by atoms with Crippen LogP contribution in [0, 0.1) is 11.8 Å². The van der Waals surface area contributed by atoms with Crippen LogP contribution in [0.1, 0.15) is 11.1 Å². The molecule has 0 fully saturated rings. The van der Waals surface area contributed by atoms with E-state index in [1.165, 1.54) is 10.5 Å². The molecule has 0 aliphatic carbocycles. The van der Waals surface area contributed by atoms with Crippen molar-refractivity contribution in [3.63, 3.8) is 0 Å². The van der Waals surface area contributed by atoms with Crippen molar-refractivity contribution in [3.05, 3.63) is 59.9 Å². The van der Waals surface area contributed by atoms with Crippen LogP contribution >= 0.6 is 11.8 Å². The summed E-state index contributed by atoms with van der Waals surface area (Å²) in [5.74, 6) is 6.44. The van der Waals surface area contributed by atoms with Gasteiger partial charge in [0.15, 0.2) is 0 Å². The van der Waals surface area contributed by atoms with Crippen molar-refractivity contribution >= 4 is 11.8 Å². The van der Waals surface area contributed by atoms with E-state index >= 15 is 0 Å². The normalized spacial score (nSPS) is 9.61. The predicted molar refractivity (Wildman–Crippen MR) is 74.2 cm³/mol. The van der Waals surface area contributed by atoms with Gasteiger partial charge in [-0.15, -0.1) is 11.8 Å². The van der Waals surface area contributed by atoms with Crippen molar-refractivity contribution in [2.75, 3.05) is 6.61 Å². The molecule has 1 aromatic heterocycles. The predicted octanol–water partition coefficient (Wildman–Crippen LogP) is 2.72. The van der Waals surface area contributed by atoms with Crippen LogP contribution < -0.4 is 0 Å². The van der Waals surface area contributed by atoms with Crippen molar-refractivity contribution in [2.45, 2.75) is 10.6 Å². The Kier molecular flexibility index (Phi) is 4.83. The zero-order chi connectivity index (χ0) is 12.6. The van der Waals surface area contributed by atoms with E-state index in [-0.39, 0.29) is 6.61 Å². The van der Waals surface area contributed by atoms with E-state index in [1.54, 1.807) is 24.2 Å². The van der Waals surface area contributed by atoms with Crippen molar-refractivity contribution in [1.82, 2.24) is 4.98 Å². The lowest BCUT2D eigenvalue weighted by Gasteiger charge is -2.01. The van der Waals surface area contributed by atoms with Gasteiger partial charge in [0.25, 0.3) is 0 Å². The number of aliphatic hydroxyl groups is 1. The molecule has 2 aromatic rings. The highest BCUT2D eigenvalue weighted by molar-refractivity contribution is 7.98. The molecule has 18 heavy (non-hydrogen) atoms. The third kappa shape index (κ3) is 3.92. The van der Waals surface area contributed by atoms with Gasteiger partial charge in [-0.2, -0.15) is 0 Å². The van der Waals surface area contributed by atoms with E-state index in [0.29, 0.717) is 0 Å². The molecule has 0 aliphatic rings. The van der Waals surface area contributed by atoms with E-state index in [9.17, 15) is 0 Å². The third-order valence-electron chi connectivity index (χ3n) is 2.32. The molecular weight excluding hydrogens is 242 g/mol. The highest BCUT2D eigenvalue weighted by atomic mass is 32.2. The first kappa shape index (κ1) is 12.7. The van der Waals surface area contributed by atoms with E-state index in [1.807, 2.05) is 24.3 Å². The van der Waals surface area contributed by atoms with Crippen LogP contribution in [0.3, 0.4) is 0 Å². The molecule has 0 aliphatic heterocycles. The maximum absolute atomic E-state index is 8.61. The molecule has 0 saturated carbocycles. The molecule has 2 nitrogen and oxygen atoms in total. The molecule has 0 amide bonds. The minimum atomic E-state index is -0.0976. The number of hydrogen-bond donors (Lipinski definition) is 1. The summed E-state index contributed by atoms with van der Waals surface area (Å²) < 4.78 is 0. The minimum absolute atomic E-state index is 0.0976. The van der Waals surface area contributed by atoms with Gasteiger partial charge in [-0.25, -0.2) is 0 Å². The number of aliphatic hydroxyl groups excluding tert-OH is 1. The average molecular weight is 255 g/mol. The fraction of sp³-hybridized carbons (Fsp3) is 0.133. The second kappa shape index (κ2) is 6.85. The Balaban J connectivity index is 1.94. The van der Waals surface area contributed by atoms with Crippen LogP contribution in [-0.2, 0) is 5.75 Å². The lowest BCUT2D eigenvalue weighted by atomic mass is 10.1. The minimum Gasteiger partial charge on any atom is -0.384 e. The molecule has 1 aromatic carbocycles. The van der Waals surface area contributed by atoms with Crippen LogP contribution in [0.5, 0.6) is 0 Å². The van der Waals surface area contributed by atoms with Gasteiger partial charge in [0.2, 0.25) is 0 Å². The summed E-state index contributed by atoms with van der Waals surface area (Å²) in [6, 6.07) is 12.1. The van der Waals surface area contributed by atoms with Gasteiger partial charge < -0.3 is 5.11 Å². The molecular formula is C15H13NOS. The van der Waals surface area contributed by atoms with Crippen LogP contribution in [0.25, 0.3) is 0 Å². The van der Waals surface area contributed by atoms with E-state index in [0.717, 1.165) is 11.3 Å². The first-order valence-electron chi connectivity index (χ1n) is 5.60. The summed E-state index contributed by atoms with van der Waals surface area (Å²) in [6.07, 6.45) is 3.60. The van der Waals surface area contributed by atoms with Crippen molar-refractivity contribution < 1.29 is 5.11 Å². The first-order valence-corrected chi connectivity index (χ1v) is 6.58. The van der Waals surface area contributed by atoms with Crippen molar-refractivity contribution in [2.24, 2.45) is 0 Å². The van der Waals surface area contributed by atoms with Gasteiger partial charge in [-0.05, 0) is 29.8 Å². The van der Waals surface area contributed by atoms with Crippen molar-refractivity contribution in [1.29, 1.82) is 0 Å². The van der Waals surface area contributed by atoms with Gasteiger partial charge in [-0.1, -0.05) is 24.0 Å². The molecule has 0 radical (unpaired) electrons. The number of aromatic nitrogens is 1. The molecule has 1 N–H and O–H groups in total. The zero-order valence-corrected chi connectivity index (χ0v) is 10.7. The molecule has 0 saturated heterocycles. The quantitative estimate of drug-likeness (QED) is 0.676. The Morgan fingerprint density at radius 1 is 1.06 bits per heavy atom. The summed E-state index contributed by atoms with van der Waals surface area (Å²) in [6.45, 7) is -0.0976. The largest absolute Gasteiger partial charge is 0.384 e. The van der Waals surface area contributed by atoms with E-state index < -0.39 is 0 Å². The van der Waals surface area contributed by atoms with Gasteiger partial charge in [-0.3, -0.25) is 4.98 Å². The molecule has 0 spiro atoms. The first-order chi connectivity index (χ1) is 8.88. The molecule has 0 atom stereocenters. The second-order valence-corrected chi connectivity index (χ2v) is 4.68. The second-order valence-electron chi connectivity index (χ2n) is 3.63. The monoisotopic (exact) mass is 255 g/mol. The third-order valence-corrected chi connectivity index (χ3v) is 3.40. The fourth-order valence-electron chi connectivity index (χ4n) is 1.43. The lowest BCUT2D eigenvalue weighted by molar-refractivity contribution is 0.350. The average Bonchev–Trinajstić information content (AvgIpc) is 2.45. The van der Waals surface area contributed by atoms with E-state index in [4.69, 9.17) is 5.11 Å². The Morgan fingerprint density at radius 2 is 1.78 bits per heavy atom. The summed E-state index contributed by atoms with van der Waals surface area (Å²) >= 11 is 1.78. The number of pyridine rings is 1. The van der Waals surface area contributed by atoms with Crippen LogP contribution in [0.4, 0.5) is 0 Å². The van der Waals surface area contributed by atoms with E-state index in [2.05, 4.69) is 29.0 Å². The summed E-state index contributed by atoms with van der Waals surface area (Å²) in [4.78, 5) is 5.21. The topological polar surface area (TPSA) is 33.1 Å². The Labute approximate surface area is 111 Å². The zero-order valence-electron chi connectivity index (χ0n) is 9.84. The van der Waals surface area contributed by atoms with Gasteiger partial charge in [0.05, 0.1) is 0 Å². The summed E-state index contributed by atoms with van der Waals surface area (Å²) in [5, 5.41) is 8.61. The highest BCUT2D eigenvalue weighted by Gasteiger charge is 1.96. The van der Waals surface area contributed by atoms with Crippen LogP contribution in [-0.4, -0.2) is 16.7 Å². The van der Waals surface area contributed by atoms with Crippen LogP contribution in [0.15, 0.2) is 53.7 Å². The fourth-order valence-corrected chi connectivity index (χ4v) is 2.27. The maximum Gasteiger partial charge on any atom is 0.104 e. The highest BCUT2D eigenvalue weighted by Crippen LogP contribution is 2.21. The van der Waals surface area contributed by atoms with Gasteiger partial charge in [0.1, 0.15) is 6.61 Å². The molecule has 1 heterocycles. The van der Waals surface area contributed by atoms with Gasteiger partial charge in [0, 0.05) is 28.6 Å². The number of nitrogens with zero attached hydrogens (tertiary/aromatic N) is 1. The number of rotatable bonds is 3. The number of thioether (sulfide) groups is 1. The summed E-state index contributed by atoms with van der Waals surface area (Å²) in [7, 11) is 0.